The minimum atomic E-state index is -4.45. The number of rotatable bonds is 61. The van der Waals surface area contributed by atoms with E-state index in [1.165, 1.54) is 199 Å². The zero-order valence-electron chi connectivity index (χ0n) is 52.9. The van der Waals surface area contributed by atoms with E-state index in [0.29, 0.717) is 17.4 Å². The van der Waals surface area contributed by atoms with Crippen molar-refractivity contribution in [2.45, 2.75) is 328 Å². The minimum Gasteiger partial charge on any atom is -0.456 e. The van der Waals surface area contributed by atoms with Crippen LogP contribution in [-0.2, 0) is 27.9 Å². The fourth-order valence-corrected chi connectivity index (χ4v) is 10.5. The maximum atomic E-state index is 13.6. The summed E-state index contributed by atoms with van der Waals surface area (Å²) in [5.41, 5.74) is 0. The Morgan fingerprint density at radius 1 is 0.443 bits per heavy atom. The summed E-state index contributed by atoms with van der Waals surface area (Å²) >= 11 is 0. The van der Waals surface area contributed by atoms with Crippen LogP contribution >= 0.6 is 7.82 Å². The van der Waals surface area contributed by atoms with Gasteiger partial charge in [-0.3, -0.25) is 18.6 Å². The molecular weight excluding hydrogens is 1000 g/mol. The monoisotopic (exact) mass is 1130 g/mol. The molecule has 0 spiro atoms. The number of carbonyl (C=O) groups is 2. The Bertz CT molecular complexity index is 1540. The number of phosphoric acid groups is 1. The molecule has 3 unspecified atom stereocenters. The molecule has 0 aromatic rings. The van der Waals surface area contributed by atoms with Gasteiger partial charge in [-0.1, -0.05) is 287 Å². The second-order valence-corrected chi connectivity index (χ2v) is 25.5. The fourth-order valence-electron chi connectivity index (χ4n) is 9.75. The Kier molecular flexibility index (Phi) is 57.2. The first kappa shape index (κ1) is 76.7. The SMILES string of the molecule is CCCCC/C=C\C/C=C\C/C=C\C/C=C\CCCCCCCCCCCC(=O)OC(/C=C/CCCCCCCCCCCCC)C(COP(=O)(O)OCC[N+](C)(C)C)NC(=O)CCCCCCCCCCCCCCCCC. The van der Waals surface area contributed by atoms with Crippen molar-refractivity contribution >= 4 is 19.7 Å². The lowest BCUT2D eigenvalue weighted by Gasteiger charge is -2.27. The Balaban J connectivity index is 5.15. The van der Waals surface area contributed by atoms with Crippen LogP contribution in [0.1, 0.15) is 316 Å². The van der Waals surface area contributed by atoms with Gasteiger partial charge in [-0.05, 0) is 76.7 Å². The summed E-state index contributed by atoms with van der Waals surface area (Å²) in [7, 11) is 1.50. The first-order chi connectivity index (χ1) is 38.4. The molecule has 0 aliphatic heterocycles. The molecule has 79 heavy (non-hydrogen) atoms. The average molecular weight is 1130 g/mol. The first-order valence-electron chi connectivity index (χ1n) is 33.6. The van der Waals surface area contributed by atoms with E-state index in [1.807, 2.05) is 33.3 Å². The van der Waals surface area contributed by atoms with Crippen LogP contribution < -0.4 is 5.32 Å². The smallest absolute Gasteiger partial charge is 0.456 e. The molecule has 462 valence electrons. The van der Waals surface area contributed by atoms with E-state index in [-0.39, 0.29) is 31.5 Å². The van der Waals surface area contributed by atoms with Crippen molar-refractivity contribution in [1.82, 2.24) is 5.32 Å². The van der Waals surface area contributed by atoms with E-state index >= 15 is 0 Å². The lowest BCUT2D eigenvalue weighted by atomic mass is 10.0. The van der Waals surface area contributed by atoms with E-state index in [1.54, 1.807) is 0 Å². The van der Waals surface area contributed by atoms with Crippen LogP contribution in [0.15, 0.2) is 60.8 Å². The molecule has 0 radical (unpaired) electrons. The molecule has 0 bridgehead atoms. The highest BCUT2D eigenvalue weighted by Gasteiger charge is 2.30. The number of nitrogens with one attached hydrogen (secondary N) is 1. The van der Waals surface area contributed by atoms with E-state index in [0.717, 1.165) is 83.5 Å². The van der Waals surface area contributed by atoms with Gasteiger partial charge in [0.05, 0.1) is 33.8 Å². The van der Waals surface area contributed by atoms with Gasteiger partial charge in [-0.25, -0.2) is 4.57 Å². The van der Waals surface area contributed by atoms with Crippen molar-refractivity contribution in [2.75, 3.05) is 40.9 Å². The van der Waals surface area contributed by atoms with Crippen molar-refractivity contribution < 1.29 is 37.3 Å². The zero-order valence-corrected chi connectivity index (χ0v) is 53.8. The summed E-state index contributed by atoms with van der Waals surface area (Å²) in [6.45, 7) is 7.02. The van der Waals surface area contributed by atoms with Crippen molar-refractivity contribution in [1.29, 1.82) is 0 Å². The third-order valence-electron chi connectivity index (χ3n) is 15.0. The summed E-state index contributed by atoms with van der Waals surface area (Å²) in [5, 5.41) is 3.07. The maximum absolute atomic E-state index is 13.6. The van der Waals surface area contributed by atoms with Gasteiger partial charge in [0, 0.05) is 12.8 Å². The number of amides is 1. The Labute approximate surface area is 490 Å². The number of esters is 1. The molecule has 0 rings (SSSR count). The van der Waals surface area contributed by atoms with Crippen molar-refractivity contribution in [3.63, 3.8) is 0 Å². The highest BCUT2D eigenvalue weighted by atomic mass is 31.2. The van der Waals surface area contributed by atoms with Gasteiger partial charge in [0.25, 0.3) is 0 Å². The fraction of sp³-hybridized carbons (Fsp3) is 0.826. The molecule has 0 aromatic heterocycles. The van der Waals surface area contributed by atoms with Gasteiger partial charge < -0.3 is 19.4 Å². The number of quaternary nitrogens is 1. The number of ether oxygens (including phenoxy) is 1. The summed E-state index contributed by atoms with van der Waals surface area (Å²) in [5.74, 6) is -0.500. The lowest BCUT2D eigenvalue weighted by Crippen LogP contribution is -2.47. The second kappa shape index (κ2) is 58.9. The molecule has 0 saturated carbocycles. The molecule has 0 saturated heterocycles. The molecule has 9 nitrogen and oxygen atoms in total. The lowest BCUT2D eigenvalue weighted by molar-refractivity contribution is -0.870. The first-order valence-corrected chi connectivity index (χ1v) is 35.1. The van der Waals surface area contributed by atoms with Gasteiger partial charge in [0.15, 0.2) is 0 Å². The summed E-state index contributed by atoms with van der Waals surface area (Å²) < 4.78 is 30.8. The van der Waals surface area contributed by atoms with E-state index in [2.05, 4.69) is 74.7 Å². The van der Waals surface area contributed by atoms with Crippen LogP contribution in [0, 0.1) is 0 Å². The van der Waals surface area contributed by atoms with E-state index in [4.69, 9.17) is 13.8 Å². The second-order valence-electron chi connectivity index (χ2n) is 24.0. The number of likely N-dealkylation sites (N-methyl/N-ethyl adjacent to an activating group) is 1. The third kappa shape index (κ3) is 60.1. The highest BCUT2D eigenvalue weighted by molar-refractivity contribution is 7.47. The number of hydrogen-bond acceptors (Lipinski definition) is 6. The molecule has 0 aliphatic carbocycles. The molecule has 3 atom stereocenters. The van der Waals surface area contributed by atoms with Crippen LogP contribution in [0.5, 0.6) is 0 Å². The van der Waals surface area contributed by atoms with Crippen molar-refractivity contribution in [3.05, 3.63) is 60.8 Å². The van der Waals surface area contributed by atoms with Gasteiger partial charge >= 0.3 is 13.8 Å². The van der Waals surface area contributed by atoms with Crippen LogP contribution in [0.2, 0.25) is 0 Å². The third-order valence-corrected chi connectivity index (χ3v) is 15.9. The normalized spacial score (nSPS) is 14.0. The topological polar surface area (TPSA) is 111 Å². The number of nitrogens with zero attached hydrogens (tertiary/aromatic N) is 1. The molecule has 2 N–H and O–H groups in total. The Morgan fingerprint density at radius 2 is 0.772 bits per heavy atom. The number of hydrogen-bond donors (Lipinski definition) is 2. The molecule has 0 aromatic carbocycles. The van der Waals surface area contributed by atoms with Gasteiger partial charge in [-0.15, -0.1) is 0 Å². The summed E-state index contributed by atoms with van der Waals surface area (Å²) in [6, 6.07) is -0.850. The van der Waals surface area contributed by atoms with Crippen molar-refractivity contribution in [3.8, 4) is 0 Å². The minimum absolute atomic E-state index is 0.0398. The largest absolute Gasteiger partial charge is 0.472 e. The Hall–Kier alpha value is -2.29. The number of carbonyl (C=O) groups excluding carboxylic acids is 2. The predicted octanol–water partition coefficient (Wildman–Crippen LogP) is 21.0. The highest BCUT2D eigenvalue weighted by Crippen LogP contribution is 2.43. The van der Waals surface area contributed by atoms with Crippen molar-refractivity contribution in [2.24, 2.45) is 0 Å². The van der Waals surface area contributed by atoms with Gasteiger partial charge in [-0.2, -0.15) is 0 Å². The van der Waals surface area contributed by atoms with Gasteiger partial charge in [0.2, 0.25) is 5.91 Å². The zero-order chi connectivity index (χ0) is 57.9. The predicted molar refractivity (Wildman–Crippen MR) is 342 cm³/mol. The Morgan fingerprint density at radius 3 is 1.18 bits per heavy atom. The number of allylic oxidation sites excluding steroid dienone is 9. The molecule has 1 amide bonds. The number of phosphoric ester groups is 1. The summed E-state index contributed by atoms with van der Waals surface area (Å²) in [6.07, 6.45) is 75.0. The summed E-state index contributed by atoms with van der Waals surface area (Å²) in [4.78, 5) is 37.8. The standard InChI is InChI=1S/C69H129N2O7P/c1-7-10-13-16-19-22-25-28-30-31-32-33-34-35-36-37-38-39-41-44-47-50-53-56-59-62-69(73)78-67(60-57-54-51-48-45-42-27-24-21-18-15-12-9-3)66(65-77-79(74,75)76-64-63-71(4,5)6)70-68(72)61-58-55-52-49-46-43-40-29-26-23-20-17-14-11-8-2/h19,22,28,30,32-33,35-36,57,60,66-67H,7-18,20-21,23-27,29,31,34,37-56,58-59,61-65H2,1-6H3,(H-,70,72,74,75)/p+1/b22-19-,30-28-,33-32-,36-35-,60-57+. The van der Waals surface area contributed by atoms with Crippen LogP contribution in [0.3, 0.4) is 0 Å². The van der Waals surface area contributed by atoms with Gasteiger partial charge in [0.1, 0.15) is 19.3 Å². The average Bonchev–Trinajstić information content (AvgIpc) is 3.41. The van der Waals surface area contributed by atoms with Crippen LogP contribution in [0.4, 0.5) is 0 Å². The number of unbranched alkanes of at least 4 members (excludes halogenated alkanes) is 37. The molecule has 10 heteroatoms. The molecule has 0 fully saturated rings. The van der Waals surface area contributed by atoms with Crippen LogP contribution in [-0.4, -0.2) is 74.3 Å². The van der Waals surface area contributed by atoms with Crippen LogP contribution in [0.25, 0.3) is 0 Å². The molecule has 0 heterocycles. The molecular formula is C69H130N2O7P+. The molecule has 0 aliphatic rings. The maximum Gasteiger partial charge on any atom is 0.472 e. The quantitative estimate of drug-likeness (QED) is 0.0205. The van der Waals surface area contributed by atoms with E-state index < -0.39 is 20.0 Å². The van der Waals surface area contributed by atoms with E-state index in [9.17, 15) is 19.0 Å².